The number of carbonyl (C=O) groups excluding carboxylic acids is 2. The van der Waals surface area contributed by atoms with Crippen LogP contribution in [0.5, 0.6) is 0 Å². The van der Waals surface area contributed by atoms with Gasteiger partial charge in [0.2, 0.25) is 5.91 Å². The molecule has 1 aliphatic carbocycles. The Kier molecular flexibility index (Phi) is 3.24. The first-order valence-electron chi connectivity index (χ1n) is 7.08. The number of benzene rings is 1. The van der Waals surface area contributed by atoms with Crippen molar-refractivity contribution in [3.63, 3.8) is 0 Å². The van der Waals surface area contributed by atoms with Crippen molar-refractivity contribution < 1.29 is 14.3 Å². The summed E-state index contributed by atoms with van der Waals surface area (Å²) in [6.07, 6.45) is 2.51. The zero-order chi connectivity index (χ0) is 14.2. The molecule has 0 bridgehead atoms. The molecule has 3 rings (SSSR count). The van der Waals surface area contributed by atoms with Crippen molar-refractivity contribution in [2.75, 3.05) is 13.7 Å². The lowest BCUT2D eigenvalue weighted by molar-refractivity contribution is -0.154. The second-order valence-corrected chi connectivity index (χ2v) is 5.77. The summed E-state index contributed by atoms with van der Waals surface area (Å²) in [5.74, 6) is -0.292. The highest BCUT2D eigenvalue weighted by atomic mass is 16.5. The smallest absolute Gasteiger partial charge is 0.314 e. The number of methoxy groups -OCH3 is 1. The standard InChI is InChI=1S/C16H19NO3/c1-20-15(19)16-9-5-8-13(16)14(18)17(11-16)10-12-6-3-2-4-7-12/h2-4,6-7,13H,5,8-11H2,1H3/t13?,16-/m1/s1. The Hall–Kier alpha value is -1.84. The number of fused-ring (bicyclic) bond motifs is 1. The Balaban J connectivity index is 1.83. The van der Waals surface area contributed by atoms with Crippen molar-refractivity contribution >= 4 is 11.9 Å². The van der Waals surface area contributed by atoms with Crippen LogP contribution in [-0.2, 0) is 20.9 Å². The predicted molar refractivity (Wildman–Crippen MR) is 73.6 cm³/mol. The maximum atomic E-state index is 12.5. The molecule has 4 heteroatoms. The van der Waals surface area contributed by atoms with Crippen LogP contribution < -0.4 is 0 Å². The van der Waals surface area contributed by atoms with Crippen molar-refractivity contribution in [3.05, 3.63) is 35.9 Å². The molecule has 2 aliphatic rings. The molecule has 0 aromatic heterocycles. The lowest BCUT2D eigenvalue weighted by Crippen LogP contribution is -2.36. The van der Waals surface area contributed by atoms with E-state index in [9.17, 15) is 9.59 Å². The third kappa shape index (κ3) is 1.90. The molecule has 1 aromatic rings. The second kappa shape index (κ2) is 4.93. The van der Waals surface area contributed by atoms with E-state index in [1.807, 2.05) is 35.2 Å². The number of esters is 1. The summed E-state index contributed by atoms with van der Waals surface area (Å²) in [6, 6.07) is 9.90. The monoisotopic (exact) mass is 273 g/mol. The Morgan fingerprint density at radius 2 is 2.15 bits per heavy atom. The van der Waals surface area contributed by atoms with Gasteiger partial charge in [-0.2, -0.15) is 0 Å². The van der Waals surface area contributed by atoms with Gasteiger partial charge in [0.1, 0.15) is 0 Å². The van der Waals surface area contributed by atoms with Crippen LogP contribution in [0.25, 0.3) is 0 Å². The number of rotatable bonds is 3. The summed E-state index contributed by atoms with van der Waals surface area (Å²) in [5, 5.41) is 0. The van der Waals surface area contributed by atoms with Gasteiger partial charge in [-0.1, -0.05) is 36.8 Å². The molecular weight excluding hydrogens is 254 g/mol. The minimum atomic E-state index is -0.597. The van der Waals surface area contributed by atoms with E-state index in [1.54, 1.807) is 0 Å². The average molecular weight is 273 g/mol. The van der Waals surface area contributed by atoms with Crippen LogP contribution in [0.3, 0.4) is 0 Å². The van der Waals surface area contributed by atoms with Crippen LogP contribution in [-0.4, -0.2) is 30.4 Å². The molecule has 106 valence electrons. The molecule has 1 aliphatic heterocycles. The van der Waals surface area contributed by atoms with Crippen LogP contribution in [0.2, 0.25) is 0 Å². The highest BCUT2D eigenvalue weighted by molar-refractivity contribution is 5.92. The molecule has 0 spiro atoms. The number of carbonyl (C=O) groups is 2. The number of likely N-dealkylation sites (tertiary alicyclic amines) is 1. The Morgan fingerprint density at radius 1 is 1.40 bits per heavy atom. The summed E-state index contributed by atoms with van der Waals surface area (Å²) in [6.45, 7) is 1.08. The summed E-state index contributed by atoms with van der Waals surface area (Å²) in [5.41, 5.74) is 0.501. The summed E-state index contributed by atoms with van der Waals surface area (Å²) in [4.78, 5) is 26.5. The number of amides is 1. The van der Waals surface area contributed by atoms with E-state index in [0.29, 0.717) is 13.1 Å². The van der Waals surface area contributed by atoms with Gasteiger partial charge in [0.25, 0.3) is 0 Å². The fourth-order valence-corrected chi connectivity index (χ4v) is 3.71. The van der Waals surface area contributed by atoms with Crippen molar-refractivity contribution in [1.82, 2.24) is 4.90 Å². The van der Waals surface area contributed by atoms with E-state index in [4.69, 9.17) is 4.74 Å². The van der Waals surface area contributed by atoms with Crippen molar-refractivity contribution in [2.24, 2.45) is 11.3 Å². The normalized spacial score (nSPS) is 28.6. The van der Waals surface area contributed by atoms with Gasteiger partial charge in [0.05, 0.1) is 18.4 Å². The lowest BCUT2D eigenvalue weighted by atomic mass is 9.80. The molecule has 1 amide bonds. The van der Waals surface area contributed by atoms with Crippen LogP contribution >= 0.6 is 0 Å². The Labute approximate surface area is 118 Å². The first kappa shape index (κ1) is 13.2. The maximum absolute atomic E-state index is 12.5. The zero-order valence-electron chi connectivity index (χ0n) is 11.7. The molecule has 1 saturated heterocycles. The van der Waals surface area contributed by atoms with Gasteiger partial charge in [0, 0.05) is 13.1 Å². The van der Waals surface area contributed by atoms with Crippen LogP contribution in [0, 0.1) is 11.3 Å². The number of hydrogen-bond donors (Lipinski definition) is 0. The molecule has 1 heterocycles. The molecule has 2 fully saturated rings. The second-order valence-electron chi connectivity index (χ2n) is 5.77. The fourth-order valence-electron chi connectivity index (χ4n) is 3.71. The van der Waals surface area contributed by atoms with Crippen molar-refractivity contribution in [2.45, 2.75) is 25.8 Å². The topological polar surface area (TPSA) is 46.6 Å². The van der Waals surface area contributed by atoms with Gasteiger partial charge in [-0.05, 0) is 18.4 Å². The third-order valence-electron chi connectivity index (χ3n) is 4.67. The van der Waals surface area contributed by atoms with E-state index in [-0.39, 0.29) is 17.8 Å². The summed E-state index contributed by atoms with van der Waals surface area (Å²) in [7, 11) is 1.41. The molecule has 20 heavy (non-hydrogen) atoms. The van der Waals surface area contributed by atoms with Gasteiger partial charge < -0.3 is 9.64 Å². The quantitative estimate of drug-likeness (QED) is 0.791. The summed E-state index contributed by atoms with van der Waals surface area (Å²) < 4.78 is 4.97. The maximum Gasteiger partial charge on any atom is 0.314 e. The van der Waals surface area contributed by atoms with Gasteiger partial charge >= 0.3 is 5.97 Å². The summed E-state index contributed by atoms with van der Waals surface area (Å²) >= 11 is 0. The largest absolute Gasteiger partial charge is 0.469 e. The minimum Gasteiger partial charge on any atom is -0.469 e. The van der Waals surface area contributed by atoms with E-state index in [0.717, 1.165) is 24.8 Å². The van der Waals surface area contributed by atoms with Crippen LogP contribution in [0.15, 0.2) is 30.3 Å². The SMILES string of the molecule is COC(=O)[C@@]12CCCC1C(=O)N(Cc1ccccc1)C2. The van der Waals surface area contributed by atoms with Crippen LogP contribution in [0.4, 0.5) is 0 Å². The zero-order valence-corrected chi connectivity index (χ0v) is 11.7. The predicted octanol–water partition coefficient (Wildman–Crippen LogP) is 1.99. The first-order valence-corrected chi connectivity index (χ1v) is 7.08. The molecule has 1 aromatic carbocycles. The fraction of sp³-hybridized carbons (Fsp3) is 0.500. The average Bonchev–Trinajstić information content (AvgIpc) is 3.00. The number of nitrogens with zero attached hydrogens (tertiary/aromatic N) is 1. The van der Waals surface area contributed by atoms with E-state index >= 15 is 0 Å². The molecule has 0 N–H and O–H groups in total. The number of hydrogen-bond acceptors (Lipinski definition) is 3. The number of ether oxygens (including phenoxy) is 1. The molecule has 4 nitrogen and oxygen atoms in total. The molecular formula is C16H19NO3. The van der Waals surface area contributed by atoms with Crippen molar-refractivity contribution in [3.8, 4) is 0 Å². The van der Waals surface area contributed by atoms with E-state index < -0.39 is 5.41 Å². The Morgan fingerprint density at radius 3 is 2.85 bits per heavy atom. The third-order valence-corrected chi connectivity index (χ3v) is 4.67. The Bertz CT molecular complexity index is 528. The van der Waals surface area contributed by atoms with Crippen molar-refractivity contribution in [1.29, 1.82) is 0 Å². The highest BCUT2D eigenvalue weighted by Crippen LogP contribution is 2.50. The van der Waals surface area contributed by atoms with Crippen LogP contribution in [0.1, 0.15) is 24.8 Å². The van der Waals surface area contributed by atoms with Gasteiger partial charge in [-0.3, -0.25) is 9.59 Å². The van der Waals surface area contributed by atoms with Gasteiger partial charge in [0.15, 0.2) is 0 Å². The van der Waals surface area contributed by atoms with Gasteiger partial charge in [-0.15, -0.1) is 0 Å². The molecule has 1 saturated carbocycles. The molecule has 1 unspecified atom stereocenters. The first-order chi connectivity index (χ1) is 9.67. The highest BCUT2D eigenvalue weighted by Gasteiger charge is 2.59. The van der Waals surface area contributed by atoms with E-state index in [2.05, 4.69) is 0 Å². The van der Waals surface area contributed by atoms with E-state index in [1.165, 1.54) is 7.11 Å². The minimum absolute atomic E-state index is 0.108. The molecule has 0 radical (unpaired) electrons. The lowest BCUT2D eigenvalue weighted by Gasteiger charge is -2.24. The van der Waals surface area contributed by atoms with Gasteiger partial charge in [-0.25, -0.2) is 0 Å². The molecule has 2 atom stereocenters.